The third-order valence-electron chi connectivity index (χ3n) is 27.7. The van der Waals surface area contributed by atoms with Crippen LogP contribution < -0.4 is 9.80 Å². The molecule has 2 heterocycles. The van der Waals surface area contributed by atoms with Crippen molar-refractivity contribution >= 4 is 88.8 Å². The summed E-state index contributed by atoms with van der Waals surface area (Å²) >= 11 is 0. The van der Waals surface area contributed by atoms with Gasteiger partial charge in [-0.2, -0.15) is 0 Å². The van der Waals surface area contributed by atoms with Gasteiger partial charge in [0.2, 0.25) is 0 Å². The molecular formula is C117H74N2O2. The van der Waals surface area contributed by atoms with Gasteiger partial charge in [-0.25, -0.2) is 0 Å². The van der Waals surface area contributed by atoms with Gasteiger partial charge >= 0.3 is 0 Å². The molecular weight excluding hydrogens is 1470 g/mol. The van der Waals surface area contributed by atoms with Crippen LogP contribution in [-0.4, -0.2) is 0 Å². The number of benzene rings is 19. The van der Waals surface area contributed by atoms with Crippen LogP contribution in [0.3, 0.4) is 0 Å². The van der Waals surface area contributed by atoms with Crippen molar-refractivity contribution in [3.8, 4) is 100 Å². The van der Waals surface area contributed by atoms with Gasteiger partial charge in [-0.1, -0.05) is 323 Å². The maximum absolute atomic E-state index is 7.10. The minimum absolute atomic E-state index is 0.198. The van der Waals surface area contributed by atoms with Gasteiger partial charge in [-0.3, -0.25) is 0 Å². The highest BCUT2D eigenvalue weighted by Crippen LogP contribution is 2.66. The number of para-hydroxylation sites is 3. The fourth-order valence-corrected chi connectivity index (χ4v) is 22.4. The lowest BCUT2D eigenvalue weighted by Crippen LogP contribution is -2.26. The standard InChI is InChI=1S/C117H74N2O2/c1-115(2)101-37-13-5-25-86(101)93-61-58-80(68-108(93)115)119(82-60-63-95-92-31-11-19-43-107(92)117(110(95)70-82)104-40-16-8-28-89(104)90-29-9-17-41-105(90)117)79-56-49-73(50-57-79)85-34-22-36-98-100-66-75(51-64-112(100)121-114(85)98)99-67-76(65-74-23-3-4-24-83(74)99)71-45-52-77(53-46-71)118(78-54-47-72(48-55-78)84-33-21-35-97-96-32-12-20-44-111(96)120-113(84)97)81-59-62-94-91-30-10-18-42-106(91)116(109(94)69-81)102-38-14-6-26-87(102)88-27-7-15-39-103(88)116/h3-70H,1-2H3. The molecule has 0 N–H and O–H groups in total. The van der Waals surface area contributed by atoms with Gasteiger partial charge in [0.15, 0.2) is 0 Å². The van der Waals surface area contributed by atoms with Crippen molar-refractivity contribution in [2.24, 2.45) is 0 Å². The molecule has 0 aliphatic heterocycles. The predicted molar refractivity (Wildman–Crippen MR) is 500 cm³/mol. The van der Waals surface area contributed by atoms with E-state index in [4.69, 9.17) is 8.83 Å². The summed E-state index contributed by atoms with van der Waals surface area (Å²) in [6.45, 7) is 4.76. The average molecular weight is 1540 g/mol. The normalized spacial score (nSPS) is 13.9. The molecule has 0 fully saturated rings. The number of hydrogen-bond acceptors (Lipinski definition) is 4. The van der Waals surface area contributed by atoms with E-state index in [0.717, 1.165) is 123 Å². The van der Waals surface area contributed by atoms with Gasteiger partial charge in [0, 0.05) is 72.2 Å². The van der Waals surface area contributed by atoms with Gasteiger partial charge in [-0.05, 0) is 259 Å². The van der Waals surface area contributed by atoms with E-state index in [1.807, 2.05) is 6.07 Å². The van der Waals surface area contributed by atoms with Crippen LogP contribution in [0.15, 0.2) is 421 Å². The van der Waals surface area contributed by atoms with Gasteiger partial charge in [-0.15, -0.1) is 0 Å². The summed E-state index contributed by atoms with van der Waals surface area (Å²) in [6.07, 6.45) is 0. The van der Waals surface area contributed by atoms with E-state index in [1.54, 1.807) is 0 Å². The van der Waals surface area contributed by atoms with E-state index in [1.165, 1.54) is 122 Å². The molecule has 19 aromatic carbocycles. The molecule has 21 aromatic rings. The van der Waals surface area contributed by atoms with Crippen molar-refractivity contribution < 1.29 is 8.83 Å². The molecule has 26 rings (SSSR count). The summed E-state index contributed by atoms with van der Waals surface area (Å²) in [4.78, 5) is 4.93. The monoisotopic (exact) mass is 1540 g/mol. The van der Waals surface area contributed by atoms with Gasteiger partial charge in [0.25, 0.3) is 0 Å². The Morgan fingerprint density at radius 3 is 0.975 bits per heavy atom. The highest BCUT2D eigenvalue weighted by Gasteiger charge is 2.54. The second-order valence-corrected chi connectivity index (χ2v) is 34.0. The highest BCUT2D eigenvalue weighted by atomic mass is 16.3. The first kappa shape index (κ1) is 67.8. The van der Waals surface area contributed by atoms with Crippen molar-refractivity contribution in [3.63, 3.8) is 0 Å². The zero-order chi connectivity index (χ0) is 79.6. The second kappa shape index (κ2) is 25.3. The Morgan fingerprint density at radius 2 is 0.504 bits per heavy atom. The SMILES string of the molecule is CC1(C)c2ccccc2-c2ccc(N(c3ccc(-c4cccc5c4oc4ccc(-c6cc(-c7ccc(N(c8ccc(-c9cccc%10c9oc9ccccc9%10)cc8)c8ccc9c(c8)C8(c%10ccccc%10-c%10ccccc%108)c8ccccc8-9)cc7)cc7ccccc67)cc45)cc3)c3ccc4c(c3)C3(c5ccccc5-c5ccccc53)c3ccccc3-4)cc21. The van der Waals surface area contributed by atoms with Crippen LogP contribution >= 0.6 is 0 Å². The van der Waals surface area contributed by atoms with Crippen LogP contribution in [0.4, 0.5) is 34.1 Å². The van der Waals surface area contributed by atoms with Gasteiger partial charge < -0.3 is 18.6 Å². The zero-order valence-electron chi connectivity index (χ0n) is 66.5. The Hall–Kier alpha value is -15.4. The number of nitrogens with zero attached hydrogens (tertiary/aromatic N) is 2. The Balaban J connectivity index is 0.569. The molecule has 5 aliphatic carbocycles. The van der Waals surface area contributed by atoms with Crippen LogP contribution in [0.5, 0.6) is 0 Å². The van der Waals surface area contributed by atoms with Crippen molar-refractivity contribution in [1.29, 1.82) is 0 Å². The number of anilines is 6. The summed E-state index contributed by atoms with van der Waals surface area (Å²) in [5, 5.41) is 6.74. The van der Waals surface area contributed by atoms with E-state index >= 15 is 0 Å². The Morgan fingerprint density at radius 1 is 0.182 bits per heavy atom. The average Bonchev–Trinajstić information content (AvgIpc) is 1.51. The zero-order valence-corrected chi connectivity index (χ0v) is 66.5. The van der Waals surface area contributed by atoms with Crippen LogP contribution in [0, 0.1) is 0 Å². The summed E-state index contributed by atoms with van der Waals surface area (Å²) < 4.78 is 13.7. The maximum Gasteiger partial charge on any atom is 0.143 e. The number of furan rings is 2. The van der Waals surface area contributed by atoms with Gasteiger partial charge in [0.1, 0.15) is 22.3 Å². The van der Waals surface area contributed by atoms with E-state index in [-0.39, 0.29) is 5.41 Å². The summed E-state index contributed by atoms with van der Waals surface area (Å²) in [6, 6.07) is 154. The van der Waals surface area contributed by atoms with E-state index < -0.39 is 10.8 Å². The lowest BCUT2D eigenvalue weighted by atomic mass is 9.70. The molecule has 0 atom stereocenters. The fraction of sp³-hybridized carbons (Fsp3) is 0.0427. The molecule has 564 valence electrons. The molecule has 121 heavy (non-hydrogen) atoms. The first-order valence-corrected chi connectivity index (χ1v) is 42.2. The molecule has 5 aliphatic rings. The minimum Gasteiger partial charge on any atom is -0.455 e. The van der Waals surface area contributed by atoms with Crippen molar-refractivity contribution in [2.75, 3.05) is 9.80 Å². The molecule has 2 aromatic heterocycles. The Kier molecular flexibility index (Phi) is 14.2. The van der Waals surface area contributed by atoms with Crippen LogP contribution in [-0.2, 0) is 16.2 Å². The third-order valence-corrected chi connectivity index (χ3v) is 27.7. The maximum atomic E-state index is 7.10. The summed E-state index contributed by atoms with van der Waals surface area (Å²) in [5.74, 6) is 0. The van der Waals surface area contributed by atoms with Gasteiger partial charge in [0.05, 0.1) is 10.8 Å². The molecule has 0 amide bonds. The lowest BCUT2D eigenvalue weighted by Gasteiger charge is -2.32. The Labute approximate surface area is 701 Å². The quantitative estimate of drug-likeness (QED) is 0.137. The first-order valence-electron chi connectivity index (χ1n) is 42.2. The van der Waals surface area contributed by atoms with E-state index in [2.05, 4.69) is 430 Å². The van der Waals surface area contributed by atoms with E-state index in [0.29, 0.717) is 0 Å². The smallest absolute Gasteiger partial charge is 0.143 e. The number of rotatable bonds is 10. The topological polar surface area (TPSA) is 32.8 Å². The fourth-order valence-electron chi connectivity index (χ4n) is 22.4. The highest BCUT2D eigenvalue weighted by molar-refractivity contribution is 6.13. The minimum atomic E-state index is -0.510. The third kappa shape index (κ3) is 9.44. The molecule has 4 heteroatoms. The first-order chi connectivity index (χ1) is 59.7. The summed E-state index contributed by atoms with van der Waals surface area (Å²) in [7, 11) is 0. The molecule has 0 saturated carbocycles. The van der Waals surface area contributed by atoms with Crippen LogP contribution in [0.1, 0.15) is 69.5 Å². The molecule has 0 saturated heterocycles. The molecule has 0 bridgehead atoms. The van der Waals surface area contributed by atoms with Crippen molar-refractivity contribution in [2.45, 2.75) is 30.1 Å². The largest absolute Gasteiger partial charge is 0.455 e. The van der Waals surface area contributed by atoms with Crippen molar-refractivity contribution in [3.05, 3.63) is 468 Å². The van der Waals surface area contributed by atoms with Crippen LogP contribution in [0.25, 0.3) is 155 Å². The Bertz CT molecular complexity index is 7880. The van der Waals surface area contributed by atoms with E-state index in [9.17, 15) is 0 Å². The number of fused-ring (bicyclic) bond motifs is 30. The molecule has 2 spiro atoms. The van der Waals surface area contributed by atoms with Crippen molar-refractivity contribution in [1.82, 2.24) is 0 Å². The molecule has 0 radical (unpaired) electrons. The van der Waals surface area contributed by atoms with Crippen LogP contribution in [0.2, 0.25) is 0 Å². The predicted octanol–water partition coefficient (Wildman–Crippen LogP) is 31.2. The second-order valence-electron chi connectivity index (χ2n) is 34.0. The number of hydrogen-bond donors (Lipinski definition) is 0. The molecule has 0 unspecified atom stereocenters. The summed E-state index contributed by atoms with van der Waals surface area (Å²) in [5.41, 5.74) is 43.6. The molecule has 4 nitrogen and oxygen atoms in total. The lowest BCUT2D eigenvalue weighted by molar-refractivity contribution is 0.660.